The fraction of sp³-hybridized carbons (Fsp3) is 0.364. The van der Waals surface area contributed by atoms with E-state index in [1.807, 2.05) is 25.1 Å². The molecule has 0 unspecified atom stereocenters. The zero-order valence-electron chi connectivity index (χ0n) is 8.25. The highest BCUT2D eigenvalue weighted by Gasteiger charge is 1.98. The molecule has 1 aromatic rings. The second kappa shape index (κ2) is 5.36. The lowest BCUT2D eigenvalue weighted by molar-refractivity contribution is 0.779. The van der Waals surface area contributed by atoms with Crippen molar-refractivity contribution < 1.29 is 0 Å². The van der Waals surface area contributed by atoms with Gasteiger partial charge in [-0.15, -0.1) is 0 Å². The van der Waals surface area contributed by atoms with Crippen molar-refractivity contribution in [1.82, 2.24) is 5.43 Å². The molecular formula is C11H16N2. The van der Waals surface area contributed by atoms with E-state index in [-0.39, 0.29) is 0 Å². The lowest BCUT2D eigenvalue weighted by atomic mass is 10.1. The number of nitrogens with zero attached hydrogens (tertiary/aromatic N) is 1. The summed E-state index contributed by atoms with van der Waals surface area (Å²) in [6.07, 6.45) is 0.955. The van der Waals surface area contributed by atoms with Crippen LogP contribution < -0.4 is 5.43 Å². The van der Waals surface area contributed by atoms with Crippen LogP contribution in [0.25, 0.3) is 0 Å². The van der Waals surface area contributed by atoms with E-state index in [0.29, 0.717) is 0 Å². The maximum absolute atomic E-state index is 4.30. The van der Waals surface area contributed by atoms with Gasteiger partial charge in [0.1, 0.15) is 0 Å². The first kappa shape index (κ1) is 9.78. The van der Waals surface area contributed by atoms with Crippen molar-refractivity contribution in [2.75, 3.05) is 6.54 Å². The Hall–Kier alpha value is -1.31. The van der Waals surface area contributed by atoms with Gasteiger partial charge in [-0.2, -0.15) is 5.10 Å². The van der Waals surface area contributed by atoms with E-state index in [2.05, 4.69) is 29.6 Å². The minimum atomic E-state index is 0.871. The molecule has 1 N–H and O–H groups in total. The third-order valence-electron chi connectivity index (χ3n) is 1.81. The average molecular weight is 176 g/mol. The lowest BCUT2D eigenvalue weighted by Crippen LogP contribution is -2.09. The van der Waals surface area contributed by atoms with Gasteiger partial charge < -0.3 is 5.43 Å². The molecule has 0 radical (unpaired) electrons. The summed E-state index contributed by atoms with van der Waals surface area (Å²) in [6, 6.07) is 10.3. The van der Waals surface area contributed by atoms with Crippen LogP contribution in [-0.4, -0.2) is 12.3 Å². The van der Waals surface area contributed by atoms with Crippen molar-refractivity contribution in [3.8, 4) is 0 Å². The molecule has 2 heteroatoms. The van der Waals surface area contributed by atoms with Crippen molar-refractivity contribution in [2.24, 2.45) is 5.10 Å². The Balaban J connectivity index is 2.78. The fourth-order valence-electron chi connectivity index (χ4n) is 1.15. The van der Waals surface area contributed by atoms with Crippen LogP contribution >= 0.6 is 0 Å². The van der Waals surface area contributed by atoms with Crippen molar-refractivity contribution >= 4 is 5.71 Å². The smallest absolute Gasteiger partial charge is 0.0672 e. The zero-order valence-corrected chi connectivity index (χ0v) is 8.25. The molecule has 0 saturated heterocycles. The van der Waals surface area contributed by atoms with Gasteiger partial charge in [-0.25, -0.2) is 0 Å². The lowest BCUT2D eigenvalue weighted by Gasteiger charge is -2.03. The largest absolute Gasteiger partial charge is 0.310 e. The van der Waals surface area contributed by atoms with Crippen LogP contribution in [0.15, 0.2) is 35.4 Å². The van der Waals surface area contributed by atoms with Crippen LogP contribution in [0.1, 0.15) is 25.8 Å². The second-order valence-electron chi connectivity index (χ2n) is 2.79. The summed E-state index contributed by atoms with van der Waals surface area (Å²) in [5.41, 5.74) is 5.30. The number of hydrazone groups is 1. The van der Waals surface area contributed by atoms with Crippen molar-refractivity contribution in [1.29, 1.82) is 0 Å². The molecule has 0 aromatic heterocycles. The first-order valence-electron chi connectivity index (χ1n) is 4.73. The number of hydrogen-bond donors (Lipinski definition) is 1. The fourth-order valence-corrected chi connectivity index (χ4v) is 1.15. The quantitative estimate of drug-likeness (QED) is 0.553. The summed E-state index contributed by atoms with van der Waals surface area (Å²) in [4.78, 5) is 0. The topological polar surface area (TPSA) is 24.4 Å². The first-order valence-corrected chi connectivity index (χ1v) is 4.73. The molecule has 0 atom stereocenters. The summed E-state index contributed by atoms with van der Waals surface area (Å²) < 4.78 is 0. The monoisotopic (exact) mass is 176 g/mol. The van der Waals surface area contributed by atoms with Gasteiger partial charge in [-0.05, 0) is 18.9 Å². The Morgan fingerprint density at radius 3 is 2.46 bits per heavy atom. The molecule has 2 nitrogen and oxygen atoms in total. The minimum absolute atomic E-state index is 0.871. The third kappa shape index (κ3) is 2.90. The molecule has 0 aliphatic heterocycles. The zero-order chi connectivity index (χ0) is 9.52. The van der Waals surface area contributed by atoms with Gasteiger partial charge in [-0.1, -0.05) is 37.3 Å². The predicted molar refractivity (Wildman–Crippen MR) is 56.9 cm³/mol. The summed E-state index contributed by atoms with van der Waals surface area (Å²) in [7, 11) is 0. The molecule has 0 saturated carbocycles. The highest BCUT2D eigenvalue weighted by atomic mass is 15.3. The van der Waals surface area contributed by atoms with E-state index < -0.39 is 0 Å². The van der Waals surface area contributed by atoms with Crippen LogP contribution in [0.4, 0.5) is 0 Å². The van der Waals surface area contributed by atoms with Crippen LogP contribution in [-0.2, 0) is 0 Å². The molecule has 0 amide bonds. The third-order valence-corrected chi connectivity index (χ3v) is 1.81. The Labute approximate surface area is 79.7 Å². The summed E-state index contributed by atoms with van der Waals surface area (Å²) in [5.74, 6) is 0. The average Bonchev–Trinajstić information content (AvgIpc) is 2.21. The van der Waals surface area contributed by atoms with E-state index >= 15 is 0 Å². The van der Waals surface area contributed by atoms with Crippen LogP contribution in [0.2, 0.25) is 0 Å². The van der Waals surface area contributed by atoms with Gasteiger partial charge in [-0.3, -0.25) is 0 Å². The van der Waals surface area contributed by atoms with Gasteiger partial charge in [0.2, 0.25) is 0 Å². The molecule has 0 bridgehead atoms. The summed E-state index contributed by atoms with van der Waals surface area (Å²) in [6.45, 7) is 5.03. The second-order valence-corrected chi connectivity index (χ2v) is 2.79. The molecule has 1 aromatic carbocycles. The normalized spacial score (nSPS) is 11.4. The molecule has 0 fully saturated rings. The van der Waals surface area contributed by atoms with Crippen LogP contribution in [0, 0.1) is 0 Å². The molecule has 13 heavy (non-hydrogen) atoms. The molecule has 70 valence electrons. The van der Waals surface area contributed by atoms with Gasteiger partial charge in [0.05, 0.1) is 5.71 Å². The molecule has 1 rings (SSSR count). The minimum Gasteiger partial charge on any atom is -0.310 e. The SMILES string of the molecule is CCNN=C(CC)c1ccccc1. The standard InChI is InChI=1S/C11H16N2/c1-3-11(13-12-4-2)10-8-6-5-7-9-10/h5-9,12H,3-4H2,1-2H3. The summed E-state index contributed by atoms with van der Waals surface area (Å²) >= 11 is 0. The van der Waals surface area contributed by atoms with Gasteiger partial charge in [0, 0.05) is 6.54 Å². The van der Waals surface area contributed by atoms with Crippen LogP contribution in [0.3, 0.4) is 0 Å². The molecule has 0 spiro atoms. The van der Waals surface area contributed by atoms with Gasteiger partial charge >= 0.3 is 0 Å². The molecule has 0 aliphatic rings. The first-order chi connectivity index (χ1) is 6.38. The molecule has 0 aliphatic carbocycles. The highest BCUT2D eigenvalue weighted by Crippen LogP contribution is 2.03. The van der Waals surface area contributed by atoms with Crippen molar-refractivity contribution in [2.45, 2.75) is 20.3 Å². The van der Waals surface area contributed by atoms with Crippen LogP contribution in [0.5, 0.6) is 0 Å². The number of rotatable bonds is 4. The van der Waals surface area contributed by atoms with E-state index in [1.54, 1.807) is 0 Å². The maximum atomic E-state index is 4.30. The van der Waals surface area contributed by atoms with Gasteiger partial charge in [0.25, 0.3) is 0 Å². The molecular weight excluding hydrogens is 160 g/mol. The highest BCUT2D eigenvalue weighted by molar-refractivity contribution is 6.00. The van der Waals surface area contributed by atoms with E-state index in [1.165, 1.54) is 5.56 Å². The van der Waals surface area contributed by atoms with Crippen molar-refractivity contribution in [3.05, 3.63) is 35.9 Å². The van der Waals surface area contributed by atoms with Gasteiger partial charge in [0.15, 0.2) is 0 Å². The Bertz CT molecular complexity index is 265. The predicted octanol–water partition coefficient (Wildman–Crippen LogP) is 2.41. The number of benzene rings is 1. The Morgan fingerprint density at radius 1 is 1.23 bits per heavy atom. The number of hydrogen-bond acceptors (Lipinski definition) is 2. The van der Waals surface area contributed by atoms with E-state index in [4.69, 9.17) is 0 Å². The molecule has 0 heterocycles. The van der Waals surface area contributed by atoms with E-state index in [9.17, 15) is 0 Å². The van der Waals surface area contributed by atoms with Crippen molar-refractivity contribution in [3.63, 3.8) is 0 Å². The summed E-state index contributed by atoms with van der Waals surface area (Å²) in [5, 5.41) is 4.30. The number of nitrogens with one attached hydrogen (secondary N) is 1. The Morgan fingerprint density at radius 2 is 1.92 bits per heavy atom. The Kier molecular flexibility index (Phi) is 4.03. The van der Waals surface area contributed by atoms with E-state index in [0.717, 1.165) is 18.7 Å². The maximum Gasteiger partial charge on any atom is 0.0672 e.